The van der Waals surface area contributed by atoms with Gasteiger partial charge in [-0.2, -0.15) is 19.9 Å². The van der Waals surface area contributed by atoms with Crippen molar-refractivity contribution in [1.29, 1.82) is 0 Å². The number of fused-ring (bicyclic) bond motifs is 1. The summed E-state index contributed by atoms with van der Waals surface area (Å²) in [5.74, 6) is 0.168. The number of piperidine rings is 1. The Kier molecular flexibility index (Phi) is 6.34. The highest BCUT2D eigenvalue weighted by atomic mass is 19.1. The number of halogens is 1. The first-order chi connectivity index (χ1) is 18.7. The number of nitrogens with zero attached hydrogens (tertiary/aromatic N) is 7. The van der Waals surface area contributed by atoms with Crippen molar-refractivity contribution in [2.24, 2.45) is 0 Å². The predicted molar refractivity (Wildman–Crippen MR) is 140 cm³/mol. The Labute approximate surface area is 224 Å². The standard InChI is InChI=1S/C26H32FN9O3/c1-26(2,3)35-12-15(10-29-35)24(37)28-11-21-31-25(33-39-21)36-23(20-14-38-20)16-6-5-7-19(22(16)32-36)30-18-8-9-34(4)13-17(18)27/h5-7,10,12,17-18,20,30H,8-9,11,13-14H2,1-4H3,(H,28,37)/t17-,18+,20-/m0/s1. The van der Waals surface area contributed by atoms with E-state index in [0.29, 0.717) is 30.7 Å². The van der Waals surface area contributed by atoms with Crippen LogP contribution in [0.1, 0.15) is 55.2 Å². The number of likely N-dealkylation sites (tertiary alicyclic amines) is 1. The van der Waals surface area contributed by atoms with Crippen molar-refractivity contribution >= 4 is 22.5 Å². The van der Waals surface area contributed by atoms with Crippen LogP contribution >= 0.6 is 0 Å². The first-order valence-corrected chi connectivity index (χ1v) is 13.1. The molecule has 2 aliphatic heterocycles. The van der Waals surface area contributed by atoms with E-state index in [2.05, 4.69) is 25.9 Å². The molecule has 0 saturated carbocycles. The van der Waals surface area contributed by atoms with Crippen LogP contribution < -0.4 is 10.6 Å². The molecule has 0 unspecified atom stereocenters. The molecule has 0 aliphatic carbocycles. The summed E-state index contributed by atoms with van der Waals surface area (Å²) in [6.45, 7) is 7.84. The van der Waals surface area contributed by atoms with E-state index in [1.807, 2.05) is 50.9 Å². The van der Waals surface area contributed by atoms with E-state index in [9.17, 15) is 9.18 Å². The molecule has 39 heavy (non-hydrogen) atoms. The number of ether oxygens (including phenoxy) is 1. The first-order valence-electron chi connectivity index (χ1n) is 13.1. The fourth-order valence-corrected chi connectivity index (χ4v) is 4.80. The molecule has 6 rings (SSSR count). The second-order valence-corrected chi connectivity index (χ2v) is 11.2. The van der Waals surface area contributed by atoms with Crippen molar-refractivity contribution < 1.29 is 18.4 Å². The zero-order valence-electron chi connectivity index (χ0n) is 22.4. The maximum atomic E-state index is 14.7. The smallest absolute Gasteiger partial charge is 0.291 e. The summed E-state index contributed by atoms with van der Waals surface area (Å²) >= 11 is 0. The number of aromatic nitrogens is 6. The molecule has 0 radical (unpaired) electrons. The Morgan fingerprint density at radius 3 is 2.82 bits per heavy atom. The molecule has 2 aliphatic rings. The third-order valence-electron chi connectivity index (χ3n) is 7.04. The van der Waals surface area contributed by atoms with E-state index in [1.165, 1.54) is 6.20 Å². The second kappa shape index (κ2) is 9.72. The maximum Gasteiger partial charge on any atom is 0.291 e. The van der Waals surface area contributed by atoms with Gasteiger partial charge in [-0.25, -0.2) is 4.39 Å². The molecule has 1 amide bonds. The van der Waals surface area contributed by atoms with E-state index in [-0.39, 0.29) is 42.0 Å². The molecular formula is C26H32FN9O3. The van der Waals surface area contributed by atoms with E-state index in [0.717, 1.165) is 23.3 Å². The molecule has 206 valence electrons. The summed E-state index contributed by atoms with van der Waals surface area (Å²) < 4.78 is 29.1. The number of anilines is 1. The summed E-state index contributed by atoms with van der Waals surface area (Å²) in [5, 5.41) is 20.2. The molecule has 1 aromatic carbocycles. The lowest BCUT2D eigenvalue weighted by molar-refractivity contribution is 0.0946. The molecule has 2 fully saturated rings. The van der Waals surface area contributed by atoms with Gasteiger partial charge in [-0.05, 0) is 45.5 Å². The Bertz CT molecular complexity index is 1500. The topological polar surface area (TPSA) is 131 Å². The minimum Gasteiger partial charge on any atom is -0.377 e. The van der Waals surface area contributed by atoms with Crippen LogP contribution in [0, 0.1) is 0 Å². The van der Waals surface area contributed by atoms with Gasteiger partial charge in [-0.1, -0.05) is 12.1 Å². The fraction of sp³-hybridized carbons (Fsp3) is 0.500. The highest BCUT2D eigenvalue weighted by molar-refractivity contribution is 5.94. The van der Waals surface area contributed by atoms with Gasteiger partial charge in [0.05, 0.1) is 47.9 Å². The molecule has 2 N–H and O–H groups in total. The van der Waals surface area contributed by atoms with Gasteiger partial charge < -0.3 is 24.8 Å². The molecule has 5 heterocycles. The van der Waals surface area contributed by atoms with Crippen LogP contribution in [0.4, 0.5) is 10.1 Å². The molecule has 0 bridgehead atoms. The van der Waals surface area contributed by atoms with Gasteiger partial charge in [0.15, 0.2) is 0 Å². The zero-order chi connectivity index (χ0) is 27.3. The third kappa shape index (κ3) is 5.11. The summed E-state index contributed by atoms with van der Waals surface area (Å²) in [7, 11) is 1.93. The van der Waals surface area contributed by atoms with Crippen molar-refractivity contribution in [3.8, 4) is 5.95 Å². The predicted octanol–water partition coefficient (Wildman–Crippen LogP) is 2.82. The molecule has 12 nitrogen and oxygen atoms in total. The SMILES string of the molecule is CN1CC[C@@H](Nc2cccc3c([C@@H]4CO4)n(-c4noc(CNC(=O)c5cnn(C(C)(C)C)c5)n4)nc23)[C@@H](F)C1. The van der Waals surface area contributed by atoms with Crippen LogP contribution in [0.15, 0.2) is 35.1 Å². The molecular weight excluding hydrogens is 505 g/mol. The second-order valence-electron chi connectivity index (χ2n) is 11.2. The van der Waals surface area contributed by atoms with Crippen LogP contribution in [0.5, 0.6) is 0 Å². The lowest BCUT2D eigenvalue weighted by atomic mass is 10.0. The molecule has 2 saturated heterocycles. The lowest BCUT2D eigenvalue weighted by Gasteiger charge is -2.33. The van der Waals surface area contributed by atoms with Gasteiger partial charge in [0.2, 0.25) is 5.89 Å². The normalized spacial score (nSPS) is 21.8. The van der Waals surface area contributed by atoms with Gasteiger partial charge >= 0.3 is 0 Å². The quantitative estimate of drug-likeness (QED) is 0.342. The minimum atomic E-state index is -0.981. The van der Waals surface area contributed by atoms with Crippen LogP contribution in [-0.4, -0.2) is 79.5 Å². The van der Waals surface area contributed by atoms with Gasteiger partial charge in [0.25, 0.3) is 11.9 Å². The van der Waals surface area contributed by atoms with Crippen LogP contribution in [-0.2, 0) is 16.8 Å². The lowest BCUT2D eigenvalue weighted by Crippen LogP contribution is -2.46. The fourth-order valence-electron chi connectivity index (χ4n) is 4.80. The monoisotopic (exact) mass is 537 g/mol. The highest BCUT2D eigenvalue weighted by Crippen LogP contribution is 2.38. The summed E-state index contributed by atoms with van der Waals surface area (Å²) in [6, 6.07) is 5.49. The van der Waals surface area contributed by atoms with E-state index in [1.54, 1.807) is 15.6 Å². The number of amides is 1. The summed E-state index contributed by atoms with van der Waals surface area (Å²) in [6.07, 6.45) is 2.80. The molecule has 4 aromatic rings. The number of hydrogen-bond donors (Lipinski definition) is 2. The third-order valence-corrected chi connectivity index (χ3v) is 7.04. The largest absolute Gasteiger partial charge is 0.377 e. The van der Waals surface area contributed by atoms with Crippen LogP contribution in [0.25, 0.3) is 16.9 Å². The molecule has 3 aromatic heterocycles. The first kappa shape index (κ1) is 25.4. The van der Waals surface area contributed by atoms with Gasteiger partial charge in [-0.15, -0.1) is 0 Å². The van der Waals surface area contributed by atoms with E-state index in [4.69, 9.17) is 14.4 Å². The number of hydrogen-bond acceptors (Lipinski definition) is 9. The van der Waals surface area contributed by atoms with E-state index >= 15 is 0 Å². The minimum absolute atomic E-state index is 0.0450. The van der Waals surface area contributed by atoms with Gasteiger partial charge in [-0.3, -0.25) is 9.48 Å². The number of carbonyl (C=O) groups excluding carboxylic acids is 1. The summed E-state index contributed by atoms with van der Waals surface area (Å²) in [4.78, 5) is 19.1. The average Bonchev–Trinajstić information content (AvgIpc) is 3.29. The Hall–Kier alpha value is -3.84. The van der Waals surface area contributed by atoms with E-state index < -0.39 is 6.17 Å². The Morgan fingerprint density at radius 2 is 2.10 bits per heavy atom. The average molecular weight is 538 g/mol. The Balaban J connectivity index is 1.22. The molecule has 3 atom stereocenters. The summed E-state index contributed by atoms with van der Waals surface area (Å²) in [5.41, 5.74) is 2.45. The molecule has 13 heteroatoms. The van der Waals surface area contributed by atoms with Crippen molar-refractivity contribution in [3.63, 3.8) is 0 Å². The Morgan fingerprint density at radius 1 is 1.28 bits per heavy atom. The van der Waals surface area contributed by atoms with Gasteiger partial charge in [0.1, 0.15) is 17.8 Å². The van der Waals surface area contributed by atoms with Crippen molar-refractivity contribution in [2.75, 3.05) is 32.1 Å². The van der Waals surface area contributed by atoms with Crippen molar-refractivity contribution in [2.45, 2.75) is 57.6 Å². The number of nitrogens with one attached hydrogen (secondary N) is 2. The number of alkyl halides is 1. The van der Waals surface area contributed by atoms with Crippen molar-refractivity contribution in [3.05, 3.63) is 47.7 Å². The van der Waals surface area contributed by atoms with Gasteiger partial charge in [0, 0.05) is 24.7 Å². The van der Waals surface area contributed by atoms with Crippen molar-refractivity contribution in [1.82, 2.24) is 39.9 Å². The number of epoxide rings is 1. The number of rotatable bonds is 7. The van der Waals surface area contributed by atoms with Crippen LogP contribution in [0.2, 0.25) is 0 Å². The maximum absolute atomic E-state index is 14.7. The number of benzene rings is 1. The molecule has 0 spiro atoms. The number of carbonyl (C=O) groups is 1. The van der Waals surface area contributed by atoms with Crippen LogP contribution in [0.3, 0.4) is 0 Å². The highest BCUT2D eigenvalue weighted by Gasteiger charge is 2.34. The zero-order valence-corrected chi connectivity index (χ0v) is 22.4.